The summed E-state index contributed by atoms with van der Waals surface area (Å²) in [7, 11) is 3.14. The first-order valence-corrected chi connectivity index (χ1v) is 9.97. The van der Waals surface area contributed by atoms with E-state index in [-0.39, 0.29) is 5.56 Å². The van der Waals surface area contributed by atoms with Crippen molar-refractivity contribution in [1.29, 1.82) is 0 Å². The molecule has 2 aromatic carbocycles. The first kappa shape index (κ1) is 19.6. The summed E-state index contributed by atoms with van der Waals surface area (Å²) in [5.74, 6) is 1.70. The SMILES string of the molecule is COc1cc2cc(CNc3ccc4oc(-c5ccncc5)nc4c3)c(=O)[nH]c2cc1OC. The van der Waals surface area contributed by atoms with Gasteiger partial charge < -0.3 is 24.2 Å². The number of rotatable bonds is 6. The summed E-state index contributed by atoms with van der Waals surface area (Å²) < 4.78 is 16.5. The van der Waals surface area contributed by atoms with Gasteiger partial charge in [0.05, 0.1) is 19.7 Å². The standard InChI is InChI=1S/C24H20N4O4/c1-30-21-10-15-9-16(23(29)27-18(15)12-22(21)31-2)13-26-17-3-4-20-19(11-17)28-24(32-20)14-5-7-25-8-6-14/h3-12,26H,13H2,1-2H3,(H,27,29). The van der Waals surface area contributed by atoms with Crippen molar-refractivity contribution in [1.82, 2.24) is 15.0 Å². The summed E-state index contributed by atoms with van der Waals surface area (Å²) in [6.07, 6.45) is 3.40. The maximum Gasteiger partial charge on any atom is 0.253 e. The second-order valence-corrected chi connectivity index (χ2v) is 7.21. The summed E-state index contributed by atoms with van der Waals surface area (Å²) in [6, 6.07) is 14.8. The Morgan fingerprint density at radius 1 is 1.00 bits per heavy atom. The molecule has 5 rings (SSSR count). The molecule has 0 saturated carbocycles. The van der Waals surface area contributed by atoms with Crippen LogP contribution in [0.5, 0.6) is 11.5 Å². The van der Waals surface area contributed by atoms with Crippen molar-refractivity contribution in [3.63, 3.8) is 0 Å². The Morgan fingerprint density at radius 2 is 1.78 bits per heavy atom. The molecule has 0 amide bonds. The van der Waals surface area contributed by atoms with Gasteiger partial charge in [-0.1, -0.05) is 0 Å². The number of anilines is 1. The van der Waals surface area contributed by atoms with E-state index in [4.69, 9.17) is 13.9 Å². The minimum Gasteiger partial charge on any atom is -0.493 e. The highest BCUT2D eigenvalue weighted by molar-refractivity contribution is 5.83. The van der Waals surface area contributed by atoms with Crippen molar-refractivity contribution in [3.05, 3.63) is 76.8 Å². The molecular formula is C24H20N4O4. The quantitative estimate of drug-likeness (QED) is 0.414. The number of methoxy groups -OCH3 is 2. The van der Waals surface area contributed by atoms with Crippen LogP contribution in [0.3, 0.4) is 0 Å². The zero-order valence-corrected chi connectivity index (χ0v) is 17.5. The molecule has 0 fully saturated rings. The van der Waals surface area contributed by atoms with E-state index in [0.29, 0.717) is 40.6 Å². The molecule has 8 nitrogen and oxygen atoms in total. The van der Waals surface area contributed by atoms with Gasteiger partial charge >= 0.3 is 0 Å². The molecular weight excluding hydrogens is 408 g/mol. The zero-order valence-electron chi connectivity index (χ0n) is 17.5. The number of hydrogen-bond acceptors (Lipinski definition) is 7. The summed E-state index contributed by atoms with van der Waals surface area (Å²) in [6.45, 7) is 0.347. The average Bonchev–Trinajstić information content (AvgIpc) is 3.26. The Balaban J connectivity index is 1.41. The fraction of sp³-hybridized carbons (Fsp3) is 0.125. The van der Waals surface area contributed by atoms with Gasteiger partial charge in [-0.25, -0.2) is 4.98 Å². The molecule has 0 radical (unpaired) electrons. The van der Waals surface area contributed by atoms with E-state index in [1.54, 1.807) is 32.7 Å². The highest BCUT2D eigenvalue weighted by Crippen LogP contribution is 2.31. The van der Waals surface area contributed by atoms with Crippen LogP contribution in [0.1, 0.15) is 5.56 Å². The number of oxazole rings is 1. The van der Waals surface area contributed by atoms with Gasteiger partial charge in [0, 0.05) is 47.2 Å². The summed E-state index contributed by atoms with van der Waals surface area (Å²) >= 11 is 0. The van der Waals surface area contributed by atoms with E-state index < -0.39 is 0 Å². The average molecular weight is 428 g/mol. The maximum atomic E-state index is 12.6. The Bertz CT molecular complexity index is 1470. The minimum absolute atomic E-state index is 0.167. The molecule has 5 aromatic rings. The third-order valence-electron chi connectivity index (χ3n) is 5.22. The fourth-order valence-corrected chi connectivity index (χ4v) is 3.56. The molecule has 160 valence electrons. The minimum atomic E-state index is -0.167. The van der Waals surface area contributed by atoms with Crippen molar-refractivity contribution in [2.24, 2.45) is 0 Å². The predicted molar refractivity (Wildman–Crippen MR) is 122 cm³/mol. The highest BCUT2D eigenvalue weighted by atomic mass is 16.5. The van der Waals surface area contributed by atoms with E-state index in [2.05, 4.69) is 20.3 Å². The number of aromatic nitrogens is 3. The number of nitrogens with one attached hydrogen (secondary N) is 2. The van der Waals surface area contributed by atoms with Gasteiger partial charge in [0.15, 0.2) is 17.1 Å². The highest BCUT2D eigenvalue weighted by Gasteiger charge is 2.11. The van der Waals surface area contributed by atoms with Crippen LogP contribution in [0.2, 0.25) is 0 Å². The molecule has 0 atom stereocenters. The molecule has 0 bridgehead atoms. The Hall–Kier alpha value is -4.33. The maximum absolute atomic E-state index is 12.6. The number of benzene rings is 2. The van der Waals surface area contributed by atoms with Gasteiger partial charge in [0.1, 0.15) is 5.52 Å². The Morgan fingerprint density at radius 3 is 2.56 bits per heavy atom. The topological polar surface area (TPSA) is 102 Å². The van der Waals surface area contributed by atoms with Gasteiger partial charge in [-0.3, -0.25) is 9.78 Å². The van der Waals surface area contributed by atoms with Gasteiger partial charge in [0.25, 0.3) is 5.56 Å². The number of fused-ring (bicyclic) bond motifs is 2. The van der Waals surface area contributed by atoms with Crippen LogP contribution in [-0.2, 0) is 6.54 Å². The third kappa shape index (κ3) is 3.62. The first-order chi connectivity index (χ1) is 15.6. The van der Waals surface area contributed by atoms with Crippen LogP contribution in [0.15, 0.2) is 70.1 Å². The smallest absolute Gasteiger partial charge is 0.253 e. The number of ether oxygens (including phenoxy) is 2. The number of H-pyrrole nitrogens is 1. The van der Waals surface area contributed by atoms with Gasteiger partial charge in [-0.2, -0.15) is 0 Å². The molecule has 0 aliphatic rings. The van der Waals surface area contributed by atoms with Crippen molar-refractivity contribution < 1.29 is 13.9 Å². The Labute approximate surface area is 182 Å². The second-order valence-electron chi connectivity index (χ2n) is 7.21. The lowest BCUT2D eigenvalue weighted by atomic mass is 10.1. The predicted octanol–water partition coefficient (Wildman–Crippen LogP) is 4.36. The van der Waals surface area contributed by atoms with Gasteiger partial charge in [-0.15, -0.1) is 0 Å². The number of nitrogens with zero attached hydrogens (tertiary/aromatic N) is 2. The first-order valence-electron chi connectivity index (χ1n) is 9.97. The second kappa shape index (κ2) is 8.07. The molecule has 0 saturated heterocycles. The van der Waals surface area contributed by atoms with Crippen LogP contribution in [0.4, 0.5) is 5.69 Å². The van der Waals surface area contributed by atoms with E-state index in [1.165, 1.54) is 0 Å². The van der Waals surface area contributed by atoms with Crippen molar-refractivity contribution in [2.75, 3.05) is 19.5 Å². The van der Waals surface area contributed by atoms with E-state index >= 15 is 0 Å². The molecule has 32 heavy (non-hydrogen) atoms. The van der Waals surface area contributed by atoms with Gasteiger partial charge in [0.2, 0.25) is 5.89 Å². The Kier molecular flexibility index (Phi) is 4.95. The van der Waals surface area contributed by atoms with E-state index in [0.717, 1.165) is 22.2 Å². The zero-order chi connectivity index (χ0) is 22.1. The lowest BCUT2D eigenvalue weighted by molar-refractivity contribution is 0.356. The van der Waals surface area contributed by atoms with Crippen molar-refractivity contribution >= 4 is 27.7 Å². The molecule has 0 aliphatic heterocycles. The molecule has 0 spiro atoms. The van der Waals surface area contributed by atoms with Crippen LogP contribution < -0.4 is 20.3 Å². The van der Waals surface area contributed by atoms with Crippen LogP contribution >= 0.6 is 0 Å². The largest absolute Gasteiger partial charge is 0.493 e. The van der Waals surface area contributed by atoms with E-state index in [1.807, 2.05) is 42.5 Å². The lowest BCUT2D eigenvalue weighted by Crippen LogP contribution is -2.15. The molecule has 2 N–H and O–H groups in total. The molecule has 3 heterocycles. The van der Waals surface area contributed by atoms with Crippen molar-refractivity contribution in [2.45, 2.75) is 6.54 Å². The number of pyridine rings is 2. The normalized spacial score (nSPS) is 11.1. The number of hydrogen-bond donors (Lipinski definition) is 2. The van der Waals surface area contributed by atoms with Crippen molar-refractivity contribution in [3.8, 4) is 23.0 Å². The number of aromatic amines is 1. The molecule has 8 heteroatoms. The molecule has 3 aromatic heterocycles. The summed E-state index contributed by atoms with van der Waals surface area (Å²) in [5.41, 5.74) is 4.23. The summed E-state index contributed by atoms with van der Waals surface area (Å²) in [5, 5.41) is 4.15. The van der Waals surface area contributed by atoms with E-state index in [9.17, 15) is 4.79 Å². The van der Waals surface area contributed by atoms with Crippen LogP contribution in [0.25, 0.3) is 33.5 Å². The fourth-order valence-electron chi connectivity index (χ4n) is 3.56. The lowest BCUT2D eigenvalue weighted by Gasteiger charge is -2.11. The van der Waals surface area contributed by atoms with Gasteiger partial charge in [-0.05, 0) is 42.5 Å². The third-order valence-corrected chi connectivity index (χ3v) is 5.22. The van der Waals surface area contributed by atoms with Crippen LogP contribution in [0, 0.1) is 0 Å². The summed E-state index contributed by atoms with van der Waals surface area (Å²) in [4.78, 5) is 24.1. The van der Waals surface area contributed by atoms with Crippen LogP contribution in [-0.4, -0.2) is 29.2 Å². The monoisotopic (exact) mass is 428 g/mol. The molecule has 0 aliphatic carbocycles. The molecule has 0 unspecified atom stereocenters.